The number of hydrogen-bond donors (Lipinski definition) is 0. The standard InChI is InChI=1S/C20H22O/c1-15(20(21)17-9-3-2-4-10-17)14-18-12-7-11-16-8-5-6-13-19(16)18/h2-6,8-10,13,15,18H,7,11-12,14H2,1H3. The van der Waals surface area contributed by atoms with Crippen LogP contribution in [0, 0.1) is 5.92 Å². The van der Waals surface area contributed by atoms with Crippen molar-refractivity contribution in [1.82, 2.24) is 0 Å². The Morgan fingerprint density at radius 3 is 2.62 bits per heavy atom. The molecule has 0 bridgehead atoms. The number of aryl methyl sites for hydroxylation is 1. The summed E-state index contributed by atoms with van der Waals surface area (Å²) in [5.74, 6) is 0.903. The first-order valence-electron chi connectivity index (χ1n) is 7.93. The normalized spacial score (nSPS) is 18.8. The van der Waals surface area contributed by atoms with Crippen molar-refractivity contribution in [3.05, 3.63) is 71.3 Å². The topological polar surface area (TPSA) is 17.1 Å². The van der Waals surface area contributed by atoms with Gasteiger partial charge in [-0.2, -0.15) is 0 Å². The molecule has 2 aromatic rings. The fourth-order valence-electron chi connectivity index (χ4n) is 3.52. The van der Waals surface area contributed by atoms with E-state index in [0.29, 0.717) is 5.92 Å². The second-order valence-corrected chi connectivity index (χ2v) is 6.15. The molecule has 0 aromatic heterocycles. The van der Waals surface area contributed by atoms with Gasteiger partial charge in [0, 0.05) is 11.5 Å². The number of carbonyl (C=O) groups excluding carboxylic acids is 1. The largest absolute Gasteiger partial charge is 0.294 e. The molecule has 0 radical (unpaired) electrons. The van der Waals surface area contributed by atoms with Gasteiger partial charge in [-0.05, 0) is 42.7 Å². The highest BCUT2D eigenvalue weighted by atomic mass is 16.1. The molecule has 2 atom stereocenters. The van der Waals surface area contributed by atoms with Crippen LogP contribution in [0.1, 0.15) is 53.6 Å². The minimum atomic E-state index is 0.0866. The predicted molar refractivity (Wildman–Crippen MR) is 86.7 cm³/mol. The summed E-state index contributed by atoms with van der Waals surface area (Å²) in [6.07, 6.45) is 4.61. The number of hydrogen-bond acceptors (Lipinski definition) is 1. The van der Waals surface area contributed by atoms with Gasteiger partial charge < -0.3 is 0 Å². The zero-order valence-electron chi connectivity index (χ0n) is 12.6. The summed E-state index contributed by atoms with van der Waals surface area (Å²) < 4.78 is 0. The third kappa shape index (κ3) is 3.07. The van der Waals surface area contributed by atoms with E-state index in [9.17, 15) is 4.79 Å². The lowest BCUT2D eigenvalue weighted by Crippen LogP contribution is -2.18. The molecule has 2 unspecified atom stereocenters. The van der Waals surface area contributed by atoms with E-state index in [0.717, 1.165) is 12.0 Å². The Morgan fingerprint density at radius 2 is 1.81 bits per heavy atom. The molecule has 1 nitrogen and oxygen atoms in total. The first-order valence-corrected chi connectivity index (χ1v) is 7.93. The number of fused-ring (bicyclic) bond motifs is 1. The van der Waals surface area contributed by atoms with Crippen LogP contribution in [0.15, 0.2) is 54.6 Å². The molecule has 0 heterocycles. The zero-order valence-corrected chi connectivity index (χ0v) is 12.6. The third-order valence-corrected chi connectivity index (χ3v) is 4.64. The van der Waals surface area contributed by atoms with E-state index >= 15 is 0 Å². The van der Waals surface area contributed by atoms with Gasteiger partial charge in [-0.3, -0.25) is 4.79 Å². The van der Waals surface area contributed by atoms with Gasteiger partial charge in [0.15, 0.2) is 5.78 Å². The molecule has 1 aliphatic carbocycles. The van der Waals surface area contributed by atoms with Crippen molar-refractivity contribution in [3.63, 3.8) is 0 Å². The molecule has 0 N–H and O–H groups in total. The van der Waals surface area contributed by atoms with Crippen molar-refractivity contribution in [2.75, 3.05) is 0 Å². The fraction of sp³-hybridized carbons (Fsp3) is 0.350. The second-order valence-electron chi connectivity index (χ2n) is 6.15. The molecule has 0 fully saturated rings. The fourth-order valence-corrected chi connectivity index (χ4v) is 3.52. The summed E-state index contributed by atoms with van der Waals surface area (Å²) in [5.41, 5.74) is 3.79. The van der Waals surface area contributed by atoms with Gasteiger partial charge in [-0.25, -0.2) is 0 Å². The minimum absolute atomic E-state index is 0.0866. The summed E-state index contributed by atoms with van der Waals surface area (Å²) >= 11 is 0. The molecule has 1 heteroatoms. The molecular weight excluding hydrogens is 256 g/mol. The zero-order chi connectivity index (χ0) is 14.7. The van der Waals surface area contributed by atoms with Crippen molar-refractivity contribution in [3.8, 4) is 0 Å². The Labute approximate surface area is 127 Å². The Hall–Kier alpha value is -1.89. The lowest BCUT2D eigenvalue weighted by atomic mass is 9.77. The van der Waals surface area contributed by atoms with Gasteiger partial charge in [0.25, 0.3) is 0 Å². The van der Waals surface area contributed by atoms with Crippen LogP contribution in [-0.4, -0.2) is 5.78 Å². The molecular formula is C20H22O. The Balaban J connectivity index is 1.74. The highest BCUT2D eigenvalue weighted by Crippen LogP contribution is 2.36. The predicted octanol–water partition coefficient (Wildman–Crippen LogP) is 5.02. The Morgan fingerprint density at radius 1 is 1.10 bits per heavy atom. The molecule has 0 aliphatic heterocycles. The monoisotopic (exact) mass is 278 g/mol. The van der Waals surface area contributed by atoms with Gasteiger partial charge in [0.1, 0.15) is 0 Å². The molecule has 2 aromatic carbocycles. The number of Topliss-reactive ketones (excluding diaryl/α,β-unsaturated/α-hetero) is 1. The molecule has 1 aliphatic rings. The molecule has 108 valence electrons. The average molecular weight is 278 g/mol. The molecule has 3 rings (SSSR count). The number of carbonyl (C=O) groups is 1. The first kappa shape index (κ1) is 14.1. The SMILES string of the molecule is CC(CC1CCCc2ccccc21)C(=O)c1ccccc1. The summed E-state index contributed by atoms with van der Waals surface area (Å²) in [4.78, 5) is 12.5. The minimum Gasteiger partial charge on any atom is -0.294 e. The third-order valence-electron chi connectivity index (χ3n) is 4.64. The second kappa shape index (κ2) is 6.26. The van der Waals surface area contributed by atoms with Crippen LogP contribution < -0.4 is 0 Å². The highest BCUT2D eigenvalue weighted by Gasteiger charge is 2.24. The lowest BCUT2D eigenvalue weighted by Gasteiger charge is -2.27. The van der Waals surface area contributed by atoms with Gasteiger partial charge in [-0.1, -0.05) is 61.5 Å². The van der Waals surface area contributed by atoms with Gasteiger partial charge in [0.2, 0.25) is 0 Å². The van der Waals surface area contributed by atoms with Crippen molar-refractivity contribution in [2.24, 2.45) is 5.92 Å². The number of ketones is 1. The van der Waals surface area contributed by atoms with Crippen LogP contribution in [0.3, 0.4) is 0 Å². The Kier molecular flexibility index (Phi) is 4.19. The smallest absolute Gasteiger partial charge is 0.165 e. The van der Waals surface area contributed by atoms with Crippen LogP contribution in [0.25, 0.3) is 0 Å². The molecule has 0 amide bonds. The summed E-state index contributed by atoms with van der Waals surface area (Å²) in [6.45, 7) is 2.08. The van der Waals surface area contributed by atoms with E-state index in [4.69, 9.17) is 0 Å². The van der Waals surface area contributed by atoms with E-state index in [1.54, 1.807) is 0 Å². The van der Waals surface area contributed by atoms with Crippen molar-refractivity contribution < 1.29 is 4.79 Å². The molecule has 0 spiro atoms. The maximum atomic E-state index is 12.5. The van der Waals surface area contributed by atoms with Crippen molar-refractivity contribution in [1.29, 1.82) is 0 Å². The summed E-state index contributed by atoms with van der Waals surface area (Å²) in [7, 11) is 0. The first-order chi connectivity index (χ1) is 10.3. The van der Waals surface area contributed by atoms with E-state index in [-0.39, 0.29) is 11.7 Å². The maximum absolute atomic E-state index is 12.5. The van der Waals surface area contributed by atoms with Crippen LogP contribution in [0.5, 0.6) is 0 Å². The van der Waals surface area contributed by atoms with E-state index in [1.807, 2.05) is 30.3 Å². The van der Waals surface area contributed by atoms with Crippen LogP contribution in [0.4, 0.5) is 0 Å². The van der Waals surface area contributed by atoms with Gasteiger partial charge in [-0.15, -0.1) is 0 Å². The van der Waals surface area contributed by atoms with E-state index in [2.05, 4.69) is 31.2 Å². The van der Waals surface area contributed by atoms with Crippen molar-refractivity contribution in [2.45, 2.75) is 38.5 Å². The molecule has 0 saturated carbocycles. The van der Waals surface area contributed by atoms with Crippen LogP contribution in [-0.2, 0) is 6.42 Å². The average Bonchev–Trinajstić information content (AvgIpc) is 2.55. The quantitative estimate of drug-likeness (QED) is 0.718. The molecule has 21 heavy (non-hydrogen) atoms. The molecule has 0 saturated heterocycles. The van der Waals surface area contributed by atoms with E-state index < -0.39 is 0 Å². The number of benzene rings is 2. The Bertz CT molecular complexity index is 615. The maximum Gasteiger partial charge on any atom is 0.165 e. The van der Waals surface area contributed by atoms with Gasteiger partial charge >= 0.3 is 0 Å². The van der Waals surface area contributed by atoms with Crippen molar-refractivity contribution >= 4 is 5.78 Å². The summed E-state index contributed by atoms with van der Waals surface area (Å²) in [5, 5.41) is 0. The summed E-state index contributed by atoms with van der Waals surface area (Å²) in [6, 6.07) is 18.4. The highest BCUT2D eigenvalue weighted by molar-refractivity contribution is 5.97. The van der Waals surface area contributed by atoms with Crippen LogP contribution >= 0.6 is 0 Å². The number of rotatable bonds is 4. The lowest BCUT2D eigenvalue weighted by molar-refractivity contribution is 0.0917. The van der Waals surface area contributed by atoms with Gasteiger partial charge in [0.05, 0.1) is 0 Å². The van der Waals surface area contributed by atoms with Crippen LogP contribution in [0.2, 0.25) is 0 Å². The van der Waals surface area contributed by atoms with E-state index in [1.165, 1.54) is 30.4 Å².